The van der Waals surface area contributed by atoms with Crippen molar-refractivity contribution in [2.75, 3.05) is 36.4 Å². The molecule has 168 valence electrons. The van der Waals surface area contributed by atoms with E-state index in [2.05, 4.69) is 10.2 Å². The van der Waals surface area contributed by atoms with E-state index < -0.39 is 11.7 Å². The lowest BCUT2D eigenvalue weighted by molar-refractivity contribution is -0.137. The molecule has 0 spiro atoms. The minimum Gasteiger partial charge on any atom is -0.365 e. The first-order valence-electron chi connectivity index (χ1n) is 10.3. The van der Waals surface area contributed by atoms with Crippen LogP contribution in [0.1, 0.15) is 17.0 Å². The Kier molecular flexibility index (Phi) is 5.82. The molecule has 4 rings (SSSR count). The number of carbonyl (C=O) groups is 1. The van der Waals surface area contributed by atoms with Gasteiger partial charge >= 0.3 is 12.2 Å². The molecule has 2 heterocycles. The second kappa shape index (κ2) is 8.57. The number of nitrogens with zero attached hydrogens (tertiary/aromatic N) is 4. The summed E-state index contributed by atoms with van der Waals surface area (Å²) in [6.45, 7) is 6.30. The van der Waals surface area contributed by atoms with E-state index in [9.17, 15) is 18.0 Å². The van der Waals surface area contributed by atoms with Gasteiger partial charge in [-0.2, -0.15) is 18.3 Å². The normalized spacial score (nSPS) is 14.5. The number of amides is 2. The summed E-state index contributed by atoms with van der Waals surface area (Å²) < 4.78 is 40.0. The number of rotatable bonds is 3. The zero-order valence-electron chi connectivity index (χ0n) is 17.9. The van der Waals surface area contributed by atoms with Crippen LogP contribution in [0.4, 0.5) is 29.3 Å². The van der Waals surface area contributed by atoms with Gasteiger partial charge in [0.2, 0.25) is 0 Å². The molecule has 0 radical (unpaired) electrons. The molecule has 6 nitrogen and oxygen atoms in total. The van der Waals surface area contributed by atoms with Crippen LogP contribution in [-0.2, 0) is 6.18 Å². The number of benzene rings is 2. The van der Waals surface area contributed by atoms with Crippen LogP contribution in [-0.4, -0.2) is 46.9 Å². The van der Waals surface area contributed by atoms with Crippen LogP contribution >= 0.6 is 0 Å². The highest BCUT2D eigenvalue weighted by atomic mass is 19.4. The van der Waals surface area contributed by atoms with Gasteiger partial charge in [-0.25, -0.2) is 9.48 Å². The fraction of sp³-hybridized carbons (Fsp3) is 0.304. The molecule has 1 aromatic heterocycles. The number of hydrogen-bond acceptors (Lipinski definition) is 3. The number of aryl methyl sites for hydroxylation is 1. The number of halogens is 3. The van der Waals surface area contributed by atoms with Crippen LogP contribution in [0.5, 0.6) is 0 Å². The Morgan fingerprint density at radius 1 is 0.938 bits per heavy atom. The number of alkyl halides is 3. The van der Waals surface area contributed by atoms with Crippen molar-refractivity contribution >= 4 is 17.4 Å². The first kappa shape index (κ1) is 21.7. The van der Waals surface area contributed by atoms with Gasteiger partial charge in [-0.05, 0) is 50.2 Å². The Balaban J connectivity index is 1.39. The molecule has 1 aliphatic rings. The molecule has 3 aromatic rings. The summed E-state index contributed by atoms with van der Waals surface area (Å²) in [5, 5.41) is 7.37. The average molecular weight is 443 g/mol. The predicted octanol–water partition coefficient (Wildman–Crippen LogP) is 4.86. The van der Waals surface area contributed by atoms with E-state index >= 15 is 0 Å². The fourth-order valence-corrected chi connectivity index (χ4v) is 3.99. The maximum absolute atomic E-state index is 12.7. The van der Waals surface area contributed by atoms with Crippen LogP contribution in [0.25, 0.3) is 5.69 Å². The van der Waals surface area contributed by atoms with Crippen molar-refractivity contribution in [1.29, 1.82) is 0 Å². The van der Waals surface area contributed by atoms with Crippen LogP contribution < -0.4 is 10.2 Å². The van der Waals surface area contributed by atoms with Gasteiger partial charge in [0.25, 0.3) is 0 Å². The molecule has 1 fully saturated rings. The van der Waals surface area contributed by atoms with Crippen molar-refractivity contribution in [1.82, 2.24) is 14.7 Å². The third-order valence-corrected chi connectivity index (χ3v) is 5.60. The second-order valence-corrected chi connectivity index (χ2v) is 7.75. The lowest BCUT2D eigenvalue weighted by Gasteiger charge is -2.36. The van der Waals surface area contributed by atoms with Gasteiger partial charge in [0.05, 0.1) is 28.3 Å². The van der Waals surface area contributed by atoms with Gasteiger partial charge in [-0.15, -0.1) is 0 Å². The molecule has 0 saturated carbocycles. The van der Waals surface area contributed by atoms with E-state index in [-0.39, 0.29) is 6.03 Å². The van der Waals surface area contributed by atoms with Crippen molar-refractivity contribution in [3.63, 3.8) is 0 Å². The quantitative estimate of drug-likeness (QED) is 0.629. The first-order valence-corrected chi connectivity index (χ1v) is 10.3. The van der Waals surface area contributed by atoms with Crippen LogP contribution in [0.15, 0.2) is 54.6 Å². The largest absolute Gasteiger partial charge is 0.416 e. The third-order valence-electron chi connectivity index (χ3n) is 5.60. The number of aromatic nitrogens is 2. The van der Waals surface area contributed by atoms with E-state index in [4.69, 9.17) is 5.10 Å². The molecule has 0 bridgehead atoms. The van der Waals surface area contributed by atoms with Crippen molar-refractivity contribution < 1.29 is 18.0 Å². The Hall–Kier alpha value is -3.49. The summed E-state index contributed by atoms with van der Waals surface area (Å²) in [4.78, 5) is 16.5. The van der Waals surface area contributed by atoms with Crippen LogP contribution in [0.2, 0.25) is 0 Å². The Bertz CT molecular complexity index is 1090. The van der Waals surface area contributed by atoms with Crippen LogP contribution in [0, 0.1) is 13.8 Å². The van der Waals surface area contributed by atoms with Gasteiger partial charge in [-0.3, -0.25) is 0 Å². The average Bonchev–Trinajstić information content (AvgIpc) is 3.08. The van der Waals surface area contributed by atoms with Gasteiger partial charge in [0.1, 0.15) is 0 Å². The third kappa shape index (κ3) is 4.42. The highest BCUT2D eigenvalue weighted by Crippen LogP contribution is 2.30. The number of nitrogens with one attached hydrogen (secondary N) is 1. The maximum Gasteiger partial charge on any atom is 0.416 e. The smallest absolute Gasteiger partial charge is 0.365 e. The topological polar surface area (TPSA) is 53.4 Å². The molecule has 0 atom stereocenters. The molecule has 2 aromatic carbocycles. The second-order valence-electron chi connectivity index (χ2n) is 7.75. The molecule has 32 heavy (non-hydrogen) atoms. The monoisotopic (exact) mass is 443 g/mol. The molecule has 1 aliphatic heterocycles. The highest BCUT2D eigenvalue weighted by Gasteiger charge is 2.30. The highest BCUT2D eigenvalue weighted by molar-refractivity contribution is 5.89. The summed E-state index contributed by atoms with van der Waals surface area (Å²) in [6.07, 6.45) is -4.40. The summed E-state index contributed by atoms with van der Waals surface area (Å²) >= 11 is 0. The molecule has 1 saturated heterocycles. The Labute approximate surface area is 184 Å². The predicted molar refractivity (Wildman–Crippen MR) is 117 cm³/mol. The number of urea groups is 1. The van der Waals surface area contributed by atoms with Crippen molar-refractivity contribution in [3.05, 3.63) is 71.5 Å². The van der Waals surface area contributed by atoms with Crippen molar-refractivity contribution in [2.24, 2.45) is 0 Å². The van der Waals surface area contributed by atoms with E-state index in [0.29, 0.717) is 31.9 Å². The lowest BCUT2D eigenvalue weighted by Crippen LogP contribution is -2.50. The Morgan fingerprint density at radius 3 is 2.16 bits per heavy atom. The zero-order valence-corrected chi connectivity index (χ0v) is 17.9. The zero-order chi connectivity index (χ0) is 22.9. The maximum atomic E-state index is 12.7. The summed E-state index contributed by atoms with van der Waals surface area (Å²) in [5.74, 6) is 0. The first-order chi connectivity index (χ1) is 15.2. The number of hydrogen-bond donors (Lipinski definition) is 1. The van der Waals surface area contributed by atoms with Crippen molar-refractivity contribution in [3.8, 4) is 5.69 Å². The number of anilines is 2. The molecular weight excluding hydrogens is 419 g/mol. The van der Waals surface area contributed by atoms with E-state index in [1.165, 1.54) is 12.1 Å². The standard InChI is InChI=1S/C23H24F3N5O/c1-16-21(17(2)31(28-16)20-6-4-3-5-7-20)29-12-14-30(15-13-29)22(32)27-19-10-8-18(9-11-19)23(24,25)26/h3-11H,12-15H2,1-2H3,(H,27,32). The number of piperazine rings is 1. The molecule has 9 heteroatoms. The minimum atomic E-state index is -4.40. The molecule has 2 amide bonds. The van der Waals surface area contributed by atoms with E-state index in [1.54, 1.807) is 4.90 Å². The molecule has 0 unspecified atom stereocenters. The fourth-order valence-electron chi connectivity index (χ4n) is 3.99. The van der Waals surface area contributed by atoms with Crippen molar-refractivity contribution in [2.45, 2.75) is 20.0 Å². The van der Waals surface area contributed by atoms with Gasteiger partial charge in [0, 0.05) is 31.9 Å². The van der Waals surface area contributed by atoms with Crippen LogP contribution in [0.3, 0.4) is 0 Å². The summed E-state index contributed by atoms with van der Waals surface area (Å²) in [5.41, 5.74) is 3.61. The SMILES string of the molecule is Cc1nn(-c2ccccc2)c(C)c1N1CCN(C(=O)Nc2ccc(C(F)(F)F)cc2)CC1. The Morgan fingerprint density at radius 2 is 1.56 bits per heavy atom. The van der Waals surface area contributed by atoms with Gasteiger partial charge in [0.15, 0.2) is 0 Å². The summed E-state index contributed by atoms with van der Waals surface area (Å²) in [7, 11) is 0. The lowest BCUT2D eigenvalue weighted by atomic mass is 10.2. The molecule has 0 aliphatic carbocycles. The van der Waals surface area contributed by atoms with E-state index in [0.717, 1.165) is 34.9 Å². The molecule has 1 N–H and O–H groups in total. The van der Waals surface area contributed by atoms with Gasteiger partial charge in [-0.1, -0.05) is 18.2 Å². The number of carbonyl (C=O) groups excluding carboxylic acids is 1. The molecular formula is C23H24F3N5O. The van der Waals surface area contributed by atoms with E-state index in [1.807, 2.05) is 48.9 Å². The summed E-state index contributed by atoms with van der Waals surface area (Å²) in [6, 6.07) is 14.1. The van der Waals surface area contributed by atoms with Gasteiger partial charge < -0.3 is 15.1 Å². The minimum absolute atomic E-state index is 0.321. The number of para-hydroxylation sites is 1.